The van der Waals surface area contributed by atoms with E-state index in [0.29, 0.717) is 55.5 Å². The van der Waals surface area contributed by atoms with Gasteiger partial charge >= 0.3 is 12.0 Å². The number of unbranched alkanes of at least 4 members (excludes halogenated alkanes) is 1. The number of nitrogens with two attached hydrogens (primary N) is 1. The number of nitrogens with zero attached hydrogens (tertiary/aromatic N) is 6. The fourth-order valence-electron chi connectivity index (χ4n) is 5.98. The molecular formula is C35H52N10O9S2. The Labute approximate surface area is 334 Å². The molecule has 308 valence electrons. The highest BCUT2D eigenvalue weighted by molar-refractivity contribution is 8.00. The quantitative estimate of drug-likeness (QED) is 0.0388. The molecule has 5 N–H and O–H groups in total. The van der Waals surface area contributed by atoms with E-state index < -0.39 is 5.91 Å². The largest absolute Gasteiger partial charge is 0.480 e. The van der Waals surface area contributed by atoms with Crippen molar-refractivity contribution in [3.05, 3.63) is 18.7 Å². The number of anilines is 3. The minimum absolute atomic E-state index is 0.0830. The Morgan fingerprint density at radius 3 is 2.39 bits per heavy atom. The molecule has 0 bridgehead atoms. The standard InChI is InChI=1S/C35H52N10O9S2/c1-4-27(46)39-26-21-25(36)38-35(40-26)56-30-31(49-3)42-33(45-11-9-44(2)10-12-45)43-32(30)54-20-18-52-16-14-50-13-15-51-17-19-53-28(47)8-6-5-7-24-29-23(22-55-24)37-34(48)41-29/h4,21,23-24,29H,1,5-20,22H2,2-3H3,(H2,37,41,48)(H3,36,38,39,40,46). The normalized spacial score (nSPS) is 19.2. The van der Waals surface area contributed by atoms with E-state index in [1.165, 1.54) is 13.2 Å². The first-order valence-corrected chi connectivity index (χ1v) is 20.4. The summed E-state index contributed by atoms with van der Waals surface area (Å²) in [5.74, 6) is 1.62. The van der Waals surface area contributed by atoms with Gasteiger partial charge in [0.2, 0.25) is 23.6 Å². The van der Waals surface area contributed by atoms with E-state index in [9.17, 15) is 14.4 Å². The second-order valence-corrected chi connectivity index (χ2v) is 15.2. The number of thioether (sulfide) groups is 1. The Morgan fingerprint density at radius 1 is 0.982 bits per heavy atom. The van der Waals surface area contributed by atoms with Crippen LogP contribution in [0.1, 0.15) is 25.7 Å². The highest BCUT2D eigenvalue weighted by Crippen LogP contribution is 2.40. The van der Waals surface area contributed by atoms with Crippen molar-refractivity contribution in [1.82, 2.24) is 35.5 Å². The fraction of sp³-hybridized carbons (Fsp3) is 0.629. The second kappa shape index (κ2) is 22.6. The summed E-state index contributed by atoms with van der Waals surface area (Å²) in [5.41, 5.74) is 6.00. The second-order valence-electron chi connectivity index (χ2n) is 13.0. The molecule has 3 atom stereocenters. The zero-order valence-electron chi connectivity index (χ0n) is 31.9. The molecule has 0 aromatic carbocycles. The molecule has 5 rings (SSSR count). The maximum atomic E-state index is 12.1. The average molecular weight is 821 g/mol. The summed E-state index contributed by atoms with van der Waals surface area (Å²) in [6.07, 6.45) is 4.13. The molecule has 3 unspecified atom stereocenters. The number of nitrogens with one attached hydrogen (secondary N) is 3. The van der Waals surface area contributed by atoms with Crippen LogP contribution in [0.3, 0.4) is 0 Å². The van der Waals surface area contributed by atoms with Crippen LogP contribution in [-0.2, 0) is 28.5 Å². The number of rotatable bonds is 24. The number of ether oxygens (including phenoxy) is 6. The monoisotopic (exact) mass is 820 g/mol. The third kappa shape index (κ3) is 13.5. The van der Waals surface area contributed by atoms with Crippen molar-refractivity contribution in [1.29, 1.82) is 0 Å². The van der Waals surface area contributed by atoms with Gasteiger partial charge in [-0.3, -0.25) is 9.59 Å². The third-order valence-electron chi connectivity index (χ3n) is 8.89. The third-order valence-corrected chi connectivity index (χ3v) is 11.3. The van der Waals surface area contributed by atoms with E-state index in [4.69, 9.17) is 39.1 Å². The van der Waals surface area contributed by atoms with Crippen molar-refractivity contribution in [3.8, 4) is 11.8 Å². The van der Waals surface area contributed by atoms with Crippen LogP contribution < -0.4 is 36.1 Å². The molecule has 3 fully saturated rings. The van der Waals surface area contributed by atoms with Crippen molar-refractivity contribution >= 4 is 59.0 Å². The Balaban J connectivity index is 0.966. The molecule has 0 spiro atoms. The van der Waals surface area contributed by atoms with Crippen LogP contribution in [0.15, 0.2) is 28.8 Å². The first kappa shape index (κ1) is 43.0. The topological polar surface area (TPSA) is 227 Å². The van der Waals surface area contributed by atoms with Gasteiger partial charge in [-0.25, -0.2) is 14.8 Å². The van der Waals surface area contributed by atoms with Crippen molar-refractivity contribution in [2.75, 3.05) is 115 Å². The number of methoxy groups -OCH3 is 1. The van der Waals surface area contributed by atoms with Crippen LogP contribution in [0.4, 0.5) is 22.4 Å². The lowest BCUT2D eigenvalue weighted by molar-refractivity contribution is -0.145. The molecule has 5 heterocycles. The molecule has 21 heteroatoms. The van der Waals surface area contributed by atoms with E-state index in [1.54, 1.807) is 0 Å². The number of urea groups is 1. The maximum absolute atomic E-state index is 12.1. The maximum Gasteiger partial charge on any atom is 0.315 e. The molecule has 19 nitrogen and oxygen atoms in total. The van der Waals surface area contributed by atoms with Crippen molar-refractivity contribution < 1.29 is 42.8 Å². The Kier molecular flexibility index (Phi) is 17.3. The van der Waals surface area contributed by atoms with Crippen molar-refractivity contribution in [3.63, 3.8) is 0 Å². The van der Waals surface area contributed by atoms with E-state index in [0.717, 1.165) is 69.0 Å². The lowest BCUT2D eigenvalue weighted by Crippen LogP contribution is -2.45. The number of hydrogen-bond donors (Lipinski definition) is 4. The van der Waals surface area contributed by atoms with Gasteiger partial charge in [0.15, 0.2) is 5.16 Å². The van der Waals surface area contributed by atoms with Crippen LogP contribution in [0.2, 0.25) is 0 Å². The lowest BCUT2D eigenvalue weighted by atomic mass is 10.0. The number of fused-ring (bicyclic) bond motifs is 1. The number of hydrogen-bond acceptors (Lipinski definition) is 18. The molecule has 3 aliphatic heterocycles. The number of esters is 1. The number of amides is 3. The summed E-state index contributed by atoms with van der Waals surface area (Å²) >= 11 is 2.96. The van der Waals surface area contributed by atoms with E-state index in [1.807, 2.05) is 11.8 Å². The van der Waals surface area contributed by atoms with Gasteiger partial charge in [-0.15, -0.1) is 0 Å². The molecule has 0 aliphatic carbocycles. The highest BCUT2D eigenvalue weighted by Gasteiger charge is 2.42. The Bertz CT molecular complexity index is 1620. The molecule has 2 aromatic rings. The molecule has 3 saturated heterocycles. The molecule has 56 heavy (non-hydrogen) atoms. The predicted octanol–water partition coefficient (Wildman–Crippen LogP) is 1.58. The first-order valence-electron chi connectivity index (χ1n) is 18.6. The minimum Gasteiger partial charge on any atom is -0.480 e. The average Bonchev–Trinajstić information content (AvgIpc) is 3.74. The molecule has 0 radical (unpaired) electrons. The van der Waals surface area contributed by atoms with Gasteiger partial charge in [-0.1, -0.05) is 13.0 Å². The number of carbonyl (C=O) groups is 3. The number of piperazine rings is 1. The number of carbonyl (C=O) groups excluding carboxylic acids is 3. The smallest absolute Gasteiger partial charge is 0.315 e. The van der Waals surface area contributed by atoms with Gasteiger partial charge in [-0.2, -0.15) is 21.7 Å². The van der Waals surface area contributed by atoms with Crippen molar-refractivity contribution in [2.24, 2.45) is 0 Å². The zero-order valence-corrected chi connectivity index (χ0v) is 33.5. The van der Waals surface area contributed by atoms with Crippen LogP contribution >= 0.6 is 23.5 Å². The summed E-state index contributed by atoms with van der Waals surface area (Å²) in [7, 11) is 3.58. The molecule has 3 aliphatic rings. The van der Waals surface area contributed by atoms with Gasteiger partial charge in [0, 0.05) is 49.7 Å². The fourth-order valence-corrected chi connectivity index (χ4v) is 8.41. The molecule has 2 aromatic heterocycles. The minimum atomic E-state index is -0.439. The number of nitrogen functional groups attached to an aromatic ring is 1. The van der Waals surface area contributed by atoms with Gasteiger partial charge < -0.3 is 59.9 Å². The summed E-state index contributed by atoms with van der Waals surface area (Å²) < 4.78 is 33.9. The van der Waals surface area contributed by atoms with E-state index in [2.05, 4.69) is 54.3 Å². The van der Waals surface area contributed by atoms with E-state index >= 15 is 0 Å². The van der Waals surface area contributed by atoms with Crippen LogP contribution in [0.25, 0.3) is 0 Å². The van der Waals surface area contributed by atoms with Crippen LogP contribution in [0.5, 0.6) is 11.8 Å². The molecule has 0 saturated carbocycles. The summed E-state index contributed by atoms with van der Waals surface area (Å²) in [5, 5.41) is 9.14. The van der Waals surface area contributed by atoms with Gasteiger partial charge in [0.25, 0.3) is 0 Å². The lowest BCUT2D eigenvalue weighted by Gasteiger charge is -2.32. The van der Waals surface area contributed by atoms with Gasteiger partial charge in [-0.05, 0) is 37.7 Å². The Hall–Kier alpha value is -4.15. The summed E-state index contributed by atoms with van der Waals surface area (Å²) in [4.78, 5) is 58.3. The SMILES string of the molecule is C=CC(=O)Nc1cc(N)nc(Sc2c(OC)nc(N3CCN(C)CC3)nc2OCCOCCOCCOCCOC(=O)CCCCC2SCC3NC(=O)NC32)n1. The molecular weight excluding hydrogens is 769 g/mol. The summed E-state index contributed by atoms with van der Waals surface area (Å²) in [6.45, 7) is 8.99. The molecule has 3 amide bonds. The van der Waals surface area contributed by atoms with E-state index in [-0.39, 0.29) is 72.5 Å². The Morgan fingerprint density at radius 2 is 1.68 bits per heavy atom. The first-order chi connectivity index (χ1) is 27.2. The van der Waals surface area contributed by atoms with Crippen molar-refractivity contribution in [2.45, 2.75) is 53.1 Å². The zero-order chi connectivity index (χ0) is 39.7. The summed E-state index contributed by atoms with van der Waals surface area (Å²) in [6, 6.07) is 1.76. The highest BCUT2D eigenvalue weighted by atomic mass is 32.2. The van der Waals surface area contributed by atoms with Crippen LogP contribution in [0, 0.1) is 0 Å². The van der Waals surface area contributed by atoms with Crippen LogP contribution in [-0.4, -0.2) is 159 Å². The van der Waals surface area contributed by atoms with Gasteiger partial charge in [0.1, 0.15) is 29.7 Å². The predicted molar refractivity (Wildman–Crippen MR) is 211 cm³/mol. The number of aromatic nitrogens is 4. The van der Waals surface area contributed by atoms with Gasteiger partial charge in [0.05, 0.1) is 58.8 Å². The number of likely N-dealkylation sites (N-methyl/N-ethyl adjacent to an activating group) is 1.